The van der Waals surface area contributed by atoms with Gasteiger partial charge in [-0.15, -0.1) is 0 Å². The van der Waals surface area contributed by atoms with Gasteiger partial charge in [-0.05, 0) is 84.0 Å². The van der Waals surface area contributed by atoms with Crippen LogP contribution in [0.15, 0.2) is 58.2 Å². The molecule has 1 aliphatic carbocycles. The van der Waals surface area contributed by atoms with E-state index >= 15 is 0 Å². The van der Waals surface area contributed by atoms with Crippen LogP contribution in [0.2, 0.25) is 0 Å². The third kappa shape index (κ3) is 5.50. The molecule has 2 aromatic rings. The highest BCUT2D eigenvalue weighted by Crippen LogP contribution is 2.42. The molecule has 0 radical (unpaired) electrons. The summed E-state index contributed by atoms with van der Waals surface area (Å²) in [6, 6.07) is 13.3. The number of halogens is 1. The van der Waals surface area contributed by atoms with E-state index in [1.165, 1.54) is 12.8 Å². The van der Waals surface area contributed by atoms with Crippen molar-refractivity contribution in [3.63, 3.8) is 0 Å². The standard InChI is InChI=1S/C25H28BrN3O3S/c1-15-21(24(30)27-14-16-8-4-3-5-9-16)22(29-25(33)28-15)17-12-19(26)23(20(13-17)31-2)32-18-10-6-7-11-18/h3-5,8-9,12-13,18,22H,6-7,10-11,14H2,1-2H3,(H,27,30)(H2,28,29,33)/t22-/m1/s1. The van der Waals surface area contributed by atoms with Crippen molar-refractivity contribution in [2.45, 2.75) is 51.3 Å². The Bertz CT molecular complexity index is 1070. The van der Waals surface area contributed by atoms with Gasteiger partial charge in [0.25, 0.3) is 5.91 Å². The van der Waals surface area contributed by atoms with E-state index in [1.54, 1.807) is 7.11 Å². The first kappa shape index (κ1) is 23.6. The quantitative estimate of drug-likeness (QED) is 0.443. The second-order valence-corrected chi connectivity index (χ2v) is 9.56. The largest absolute Gasteiger partial charge is 0.493 e. The fraction of sp³-hybridized carbons (Fsp3) is 0.360. The minimum Gasteiger partial charge on any atom is -0.493 e. The van der Waals surface area contributed by atoms with Crippen LogP contribution in [-0.2, 0) is 11.3 Å². The van der Waals surface area contributed by atoms with E-state index in [1.807, 2.05) is 49.4 Å². The molecule has 3 N–H and O–H groups in total. The number of nitrogens with one attached hydrogen (secondary N) is 3. The summed E-state index contributed by atoms with van der Waals surface area (Å²) in [5.41, 5.74) is 3.19. The molecule has 0 spiro atoms. The highest BCUT2D eigenvalue weighted by Gasteiger charge is 2.31. The van der Waals surface area contributed by atoms with Gasteiger partial charge in [0, 0.05) is 12.2 Å². The van der Waals surface area contributed by atoms with Gasteiger partial charge in [-0.2, -0.15) is 0 Å². The number of thiocarbonyl (C=S) groups is 1. The second kappa shape index (κ2) is 10.6. The Hall–Kier alpha value is -2.58. The van der Waals surface area contributed by atoms with Crippen LogP contribution in [0.3, 0.4) is 0 Å². The van der Waals surface area contributed by atoms with Gasteiger partial charge < -0.3 is 25.4 Å². The zero-order valence-corrected chi connectivity index (χ0v) is 21.1. The summed E-state index contributed by atoms with van der Waals surface area (Å²) in [5.74, 6) is 1.16. The van der Waals surface area contributed by atoms with Gasteiger partial charge in [-0.25, -0.2) is 0 Å². The van der Waals surface area contributed by atoms with Crippen LogP contribution >= 0.6 is 28.1 Å². The molecule has 6 nitrogen and oxygen atoms in total. The summed E-state index contributed by atoms with van der Waals surface area (Å²) in [6.45, 7) is 2.30. The second-order valence-electron chi connectivity index (χ2n) is 8.30. The minimum atomic E-state index is -0.430. The number of amides is 1. The topological polar surface area (TPSA) is 71.6 Å². The molecule has 1 saturated carbocycles. The molecule has 33 heavy (non-hydrogen) atoms. The van der Waals surface area contributed by atoms with Gasteiger partial charge in [0.2, 0.25) is 0 Å². The molecule has 174 valence electrons. The predicted octanol–water partition coefficient (Wildman–Crippen LogP) is 4.89. The number of methoxy groups -OCH3 is 1. The van der Waals surface area contributed by atoms with E-state index in [0.29, 0.717) is 28.7 Å². The summed E-state index contributed by atoms with van der Waals surface area (Å²) >= 11 is 9.06. The number of hydrogen-bond acceptors (Lipinski definition) is 4. The van der Waals surface area contributed by atoms with Crippen molar-refractivity contribution >= 4 is 39.2 Å². The Labute approximate surface area is 208 Å². The van der Waals surface area contributed by atoms with Crippen molar-refractivity contribution in [3.05, 3.63) is 69.3 Å². The lowest BCUT2D eigenvalue weighted by atomic mass is 9.94. The number of hydrogen-bond donors (Lipinski definition) is 3. The summed E-state index contributed by atoms with van der Waals surface area (Å²) in [5, 5.41) is 9.83. The molecule has 0 unspecified atom stereocenters. The Morgan fingerprint density at radius 1 is 1.21 bits per heavy atom. The van der Waals surface area contributed by atoms with E-state index in [4.69, 9.17) is 21.7 Å². The third-order valence-electron chi connectivity index (χ3n) is 5.98. The highest BCUT2D eigenvalue weighted by atomic mass is 79.9. The molecule has 4 rings (SSSR count). The van der Waals surface area contributed by atoms with Crippen LogP contribution in [0.25, 0.3) is 0 Å². The molecule has 1 amide bonds. The maximum Gasteiger partial charge on any atom is 0.251 e. The number of rotatable bonds is 7. The van der Waals surface area contributed by atoms with E-state index in [9.17, 15) is 4.79 Å². The maximum absolute atomic E-state index is 13.2. The zero-order chi connectivity index (χ0) is 23.4. The number of allylic oxidation sites excluding steroid dienone is 1. The van der Waals surface area contributed by atoms with Gasteiger partial charge >= 0.3 is 0 Å². The summed E-state index contributed by atoms with van der Waals surface area (Å²) < 4.78 is 12.7. The molecule has 1 atom stereocenters. The third-order valence-corrected chi connectivity index (χ3v) is 6.79. The number of carbonyl (C=O) groups is 1. The van der Waals surface area contributed by atoms with Gasteiger partial charge in [0.15, 0.2) is 16.6 Å². The first-order valence-corrected chi connectivity index (χ1v) is 12.3. The van der Waals surface area contributed by atoms with E-state index in [-0.39, 0.29) is 12.0 Å². The van der Waals surface area contributed by atoms with Crippen LogP contribution < -0.4 is 25.4 Å². The van der Waals surface area contributed by atoms with Gasteiger partial charge in [0.1, 0.15) is 0 Å². The molecule has 1 fully saturated rings. The Morgan fingerprint density at radius 2 is 1.94 bits per heavy atom. The van der Waals surface area contributed by atoms with Crippen LogP contribution in [-0.4, -0.2) is 24.2 Å². The van der Waals surface area contributed by atoms with Crippen molar-refractivity contribution in [1.29, 1.82) is 0 Å². The Kier molecular flexibility index (Phi) is 7.55. The first-order valence-electron chi connectivity index (χ1n) is 11.1. The van der Waals surface area contributed by atoms with Crippen LogP contribution in [0.4, 0.5) is 0 Å². The van der Waals surface area contributed by atoms with E-state index in [0.717, 1.165) is 34.1 Å². The van der Waals surface area contributed by atoms with E-state index < -0.39 is 6.04 Å². The van der Waals surface area contributed by atoms with Gasteiger partial charge in [-0.3, -0.25) is 4.79 Å². The average molecular weight is 530 g/mol. The molecule has 8 heteroatoms. The summed E-state index contributed by atoms with van der Waals surface area (Å²) in [6.07, 6.45) is 4.67. The summed E-state index contributed by atoms with van der Waals surface area (Å²) in [4.78, 5) is 13.2. The van der Waals surface area contributed by atoms with E-state index in [2.05, 4.69) is 31.9 Å². The van der Waals surface area contributed by atoms with Crippen LogP contribution in [0, 0.1) is 0 Å². The smallest absolute Gasteiger partial charge is 0.251 e. The molecule has 2 aliphatic rings. The van der Waals surface area contributed by atoms with Crippen molar-refractivity contribution in [2.75, 3.05) is 7.11 Å². The molecule has 0 saturated heterocycles. The molecule has 2 aromatic carbocycles. The normalized spacial score (nSPS) is 18.5. The van der Waals surface area contributed by atoms with Gasteiger partial charge in [0.05, 0.1) is 29.3 Å². The molecule has 1 heterocycles. The lowest BCUT2D eigenvalue weighted by Gasteiger charge is -2.31. The summed E-state index contributed by atoms with van der Waals surface area (Å²) in [7, 11) is 1.63. The van der Waals surface area contributed by atoms with Crippen molar-refractivity contribution < 1.29 is 14.3 Å². The lowest BCUT2D eigenvalue weighted by molar-refractivity contribution is -0.118. The van der Waals surface area contributed by atoms with Crippen LogP contribution in [0.1, 0.15) is 49.8 Å². The monoisotopic (exact) mass is 529 g/mol. The zero-order valence-electron chi connectivity index (χ0n) is 18.7. The molecular formula is C25H28BrN3O3S. The van der Waals surface area contributed by atoms with Gasteiger partial charge in [-0.1, -0.05) is 30.3 Å². The van der Waals surface area contributed by atoms with Crippen LogP contribution in [0.5, 0.6) is 11.5 Å². The SMILES string of the molecule is COc1cc([C@H]2NC(=S)NC(C)=C2C(=O)NCc2ccccc2)cc(Br)c1OC1CCCC1. The number of ether oxygens (including phenoxy) is 2. The molecule has 0 bridgehead atoms. The number of benzene rings is 2. The average Bonchev–Trinajstić information content (AvgIpc) is 3.32. The first-order chi connectivity index (χ1) is 16.0. The molecular weight excluding hydrogens is 502 g/mol. The van der Waals surface area contributed by atoms with Crippen molar-refractivity contribution in [3.8, 4) is 11.5 Å². The number of carbonyl (C=O) groups excluding carboxylic acids is 1. The maximum atomic E-state index is 13.2. The molecule has 0 aromatic heterocycles. The predicted molar refractivity (Wildman–Crippen MR) is 136 cm³/mol. The van der Waals surface area contributed by atoms with Crippen molar-refractivity contribution in [2.24, 2.45) is 0 Å². The highest BCUT2D eigenvalue weighted by molar-refractivity contribution is 9.10. The molecule has 1 aliphatic heterocycles. The fourth-order valence-corrected chi connectivity index (χ4v) is 5.14. The minimum absolute atomic E-state index is 0.162. The lowest BCUT2D eigenvalue weighted by Crippen LogP contribution is -2.46. The fourth-order valence-electron chi connectivity index (χ4n) is 4.31. The Balaban J connectivity index is 1.62. The van der Waals surface area contributed by atoms with Crippen molar-refractivity contribution in [1.82, 2.24) is 16.0 Å². The Morgan fingerprint density at radius 3 is 2.64 bits per heavy atom.